The lowest BCUT2D eigenvalue weighted by Crippen LogP contribution is -2.43. The predicted octanol–water partition coefficient (Wildman–Crippen LogP) is 3.48. The Labute approximate surface area is 116 Å². The number of carbonyl (C=O) groups is 2. The van der Waals surface area contributed by atoms with Crippen LogP contribution in [-0.4, -0.2) is 24.6 Å². The highest BCUT2D eigenvalue weighted by atomic mass is 16.6. The summed E-state index contributed by atoms with van der Waals surface area (Å²) in [5, 5.41) is 0. The number of esters is 2. The van der Waals surface area contributed by atoms with Crippen molar-refractivity contribution in [3.8, 4) is 0 Å². The summed E-state index contributed by atoms with van der Waals surface area (Å²) in [6.45, 7) is 9.76. The average molecular weight is 272 g/mol. The molecule has 0 bridgehead atoms. The molecule has 0 fully saturated rings. The fourth-order valence-corrected chi connectivity index (χ4v) is 2.17. The van der Waals surface area contributed by atoms with E-state index in [9.17, 15) is 9.59 Å². The molecule has 4 heteroatoms. The van der Waals surface area contributed by atoms with Gasteiger partial charge in [-0.2, -0.15) is 0 Å². The second-order valence-corrected chi connectivity index (χ2v) is 4.75. The van der Waals surface area contributed by atoms with Crippen molar-refractivity contribution in [3.63, 3.8) is 0 Å². The molecule has 0 aromatic carbocycles. The Morgan fingerprint density at radius 3 is 1.95 bits per heavy atom. The van der Waals surface area contributed by atoms with E-state index in [1.165, 1.54) is 0 Å². The third-order valence-electron chi connectivity index (χ3n) is 3.52. The van der Waals surface area contributed by atoms with Gasteiger partial charge in [-0.1, -0.05) is 34.1 Å². The predicted molar refractivity (Wildman–Crippen MR) is 74.7 cm³/mol. The standard InChI is InChI=1S/C15H28O4/c1-6-11-15(9-4,13(16)18-10-5)14(17)19-12(7-2)8-3/h12H,6-11H2,1-5H3. The molecular weight excluding hydrogens is 244 g/mol. The van der Waals surface area contributed by atoms with Crippen molar-refractivity contribution in [3.05, 3.63) is 0 Å². The number of carbonyl (C=O) groups excluding carboxylic acids is 2. The number of hydrogen-bond donors (Lipinski definition) is 0. The third kappa shape index (κ3) is 4.51. The molecule has 0 saturated heterocycles. The first-order valence-corrected chi connectivity index (χ1v) is 7.40. The van der Waals surface area contributed by atoms with E-state index in [4.69, 9.17) is 9.47 Å². The van der Waals surface area contributed by atoms with E-state index in [2.05, 4.69) is 0 Å². The van der Waals surface area contributed by atoms with Gasteiger partial charge >= 0.3 is 11.9 Å². The molecule has 4 nitrogen and oxygen atoms in total. The van der Waals surface area contributed by atoms with E-state index in [1.807, 2.05) is 27.7 Å². The number of ether oxygens (including phenoxy) is 2. The Balaban J connectivity index is 5.10. The molecule has 1 unspecified atom stereocenters. The summed E-state index contributed by atoms with van der Waals surface area (Å²) in [4.78, 5) is 24.6. The highest BCUT2D eigenvalue weighted by Gasteiger charge is 2.47. The lowest BCUT2D eigenvalue weighted by Gasteiger charge is -2.29. The molecule has 0 N–H and O–H groups in total. The third-order valence-corrected chi connectivity index (χ3v) is 3.52. The Hall–Kier alpha value is -1.06. The molecular formula is C15H28O4. The SMILES string of the molecule is CCCC(CC)(C(=O)OCC)C(=O)OC(CC)CC. The van der Waals surface area contributed by atoms with Gasteiger partial charge in [-0.3, -0.25) is 9.59 Å². The van der Waals surface area contributed by atoms with E-state index in [0.717, 1.165) is 19.3 Å². The second kappa shape index (κ2) is 8.94. The summed E-state index contributed by atoms with van der Waals surface area (Å²) in [7, 11) is 0. The van der Waals surface area contributed by atoms with Crippen LogP contribution in [0.15, 0.2) is 0 Å². The van der Waals surface area contributed by atoms with Crippen LogP contribution in [0.2, 0.25) is 0 Å². The minimum absolute atomic E-state index is 0.121. The molecule has 0 amide bonds. The highest BCUT2D eigenvalue weighted by Crippen LogP contribution is 2.32. The van der Waals surface area contributed by atoms with Crippen LogP contribution in [-0.2, 0) is 19.1 Å². The van der Waals surface area contributed by atoms with Crippen LogP contribution in [0.4, 0.5) is 0 Å². The van der Waals surface area contributed by atoms with Crippen LogP contribution in [0, 0.1) is 5.41 Å². The lowest BCUT2D eigenvalue weighted by atomic mass is 9.80. The largest absolute Gasteiger partial charge is 0.465 e. The van der Waals surface area contributed by atoms with Crippen molar-refractivity contribution in [2.45, 2.75) is 72.8 Å². The molecule has 112 valence electrons. The molecule has 0 saturated carbocycles. The zero-order chi connectivity index (χ0) is 14.9. The Morgan fingerprint density at radius 1 is 1.00 bits per heavy atom. The Bertz CT molecular complexity index is 284. The quantitative estimate of drug-likeness (QED) is 0.476. The van der Waals surface area contributed by atoms with E-state index < -0.39 is 17.4 Å². The fourth-order valence-electron chi connectivity index (χ4n) is 2.17. The van der Waals surface area contributed by atoms with Gasteiger partial charge in [0.25, 0.3) is 0 Å². The zero-order valence-electron chi connectivity index (χ0n) is 13.0. The topological polar surface area (TPSA) is 52.6 Å². The van der Waals surface area contributed by atoms with E-state index >= 15 is 0 Å². The van der Waals surface area contributed by atoms with Gasteiger partial charge in [-0.15, -0.1) is 0 Å². The molecule has 19 heavy (non-hydrogen) atoms. The highest BCUT2D eigenvalue weighted by molar-refractivity contribution is 6.00. The lowest BCUT2D eigenvalue weighted by molar-refractivity contribution is -0.177. The molecule has 0 aliphatic rings. The fraction of sp³-hybridized carbons (Fsp3) is 0.867. The molecule has 1 atom stereocenters. The van der Waals surface area contributed by atoms with Crippen molar-refractivity contribution in [1.29, 1.82) is 0 Å². The van der Waals surface area contributed by atoms with Gasteiger partial charge < -0.3 is 9.47 Å². The van der Waals surface area contributed by atoms with Crippen molar-refractivity contribution in [2.75, 3.05) is 6.61 Å². The van der Waals surface area contributed by atoms with Crippen LogP contribution in [0.1, 0.15) is 66.7 Å². The van der Waals surface area contributed by atoms with Crippen molar-refractivity contribution in [2.24, 2.45) is 5.41 Å². The van der Waals surface area contributed by atoms with Gasteiger partial charge in [-0.25, -0.2) is 0 Å². The van der Waals surface area contributed by atoms with Crippen molar-refractivity contribution >= 4 is 11.9 Å². The van der Waals surface area contributed by atoms with Gasteiger partial charge in [0, 0.05) is 0 Å². The zero-order valence-corrected chi connectivity index (χ0v) is 13.0. The molecule has 0 aromatic rings. The van der Waals surface area contributed by atoms with Gasteiger partial charge in [0.15, 0.2) is 5.41 Å². The van der Waals surface area contributed by atoms with Gasteiger partial charge in [0.1, 0.15) is 6.10 Å². The van der Waals surface area contributed by atoms with Crippen LogP contribution < -0.4 is 0 Å². The summed E-state index contributed by atoms with van der Waals surface area (Å²) >= 11 is 0. The number of hydrogen-bond acceptors (Lipinski definition) is 4. The molecule has 0 rings (SSSR count). The number of rotatable bonds is 9. The smallest absolute Gasteiger partial charge is 0.323 e. The minimum Gasteiger partial charge on any atom is -0.465 e. The summed E-state index contributed by atoms with van der Waals surface area (Å²) in [5.41, 5.74) is -1.13. The molecule has 0 radical (unpaired) electrons. The molecule has 0 heterocycles. The van der Waals surface area contributed by atoms with Crippen LogP contribution >= 0.6 is 0 Å². The van der Waals surface area contributed by atoms with Crippen LogP contribution in [0.3, 0.4) is 0 Å². The first kappa shape index (κ1) is 17.9. The van der Waals surface area contributed by atoms with E-state index in [-0.39, 0.29) is 12.7 Å². The first-order chi connectivity index (χ1) is 9.02. The molecule has 0 aromatic heterocycles. The first-order valence-electron chi connectivity index (χ1n) is 7.40. The maximum absolute atomic E-state index is 12.4. The monoisotopic (exact) mass is 272 g/mol. The van der Waals surface area contributed by atoms with Crippen LogP contribution in [0.25, 0.3) is 0 Å². The van der Waals surface area contributed by atoms with Gasteiger partial charge in [0.05, 0.1) is 6.61 Å². The summed E-state index contributed by atoms with van der Waals surface area (Å²) in [5.74, 6) is -0.876. The summed E-state index contributed by atoms with van der Waals surface area (Å²) < 4.78 is 10.6. The summed E-state index contributed by atoms with van der Waals surface area (Å²) in [6.07, 6.45) is 3.03. The summed E-state index contributed by atoms with van der Waals surface area (Å²) in [6, 6.07) is 0. The molecule has 0 aliphatic heterocycles. The minimum atomic E-state index is -1.13. The molecule has 0 spiro atoms. The van der Waals surface area contributed by atoms with Crippen LogP contribution in [0.5, 0.6) is 0 Å². The maximum atomic E-state index is 12.4. The van der Waals surface area contributed by atoms with Gasteiger partial charge in [0.2, 0.25) is 0 Å². The maximum Gasteiger partial charge on any atom is 0.323 e. The normalized spacial score (nSPS) is 14.0. The van der Waals surface area contributed by atoms with Crippen molar-refractivity contribution < 1.29 is 19.1 Å². The van der Waals surface area contributed by atoms with E-state index in [0.29, 0.717) is 12.8 Å². The Kier molecular flexibility index (Phi) is 8.44. The van der Waals surface area contributed by atoms with Crippen molar-refractivity contribution in [1.82, 2.24) is 0 Å². The average Bonchev–Trinajstić information content (AvgIpc) is 2.41. The second-order valence-electron chi connectivity index (χ2n) is 4.75. The van der Waals surface area contributed by atoms with E-state index in [1.54, 1.807) is 6.92 Å². The van der Waals surface area contributed by atoms with Gasteiger partial charge in [-0.05, 0) is 32.6 Å². The Morgan fingerprint density at radius 2 is 1.58 bits per heavy atom. The molecule has 0 aliphatic carbocycles.